The summed E-state index contributed by atoms with van der Waals surface area (Å²) in [6.07, 6.45) is 3.62. The lowest BCUT2D eigenvalue weighted by molar-refractivity contribution is 0.0600. The minimum atomic E-state index is -0.338. The summed E-state index contributed by atoms with van der Waals surface area (Å²) >= 11 is 1.59. The smallest absolute Gasteiger partial charge is 0.337 e. The van der Waals surface area contributed by atoms with Crippen molar-refractivity contribution in [3.63, 3.8) is 0 Å². The second-order valence-corrected chi connectivity index (χ2v) is 7.54. The Hall–Kier alpha value is -3.45. The van der Waals surface area contributed by atoms with Crippen molar-refractivity contribution in [3.05, 3.63) is 84.6 Å². The Bertz CT molecular complexity index is 1200. The van der Waals surface area contributed by atoms with E-state index in [1.807, 2.05) is 42.5 Å². The number of carbonyl (C=O) groups is 1. The number of pyridine rings is 1. The van der Waals surface area contributed by atoms with Crippen molar-refractivity contribution in [1.82, 2.24) is 19.7 Å². The minimum absolute atomic E-state index is 0.338. The number of rotatable bonds is 7. The Morgan fingerprint density at radius 1 is 1.17 bits per heavy atom. The Morgan fingerprint density at radius 2 is 2.00 bits per heavy atom. The third-order valence-corrected chi connectivity index (χ3v) is 5.67. The van der Waals surface area contributed by atoms with Gasteiger partial charge in [0.05, 0.1) is 18.2 Å². The summed E-state index contributed by atoms with van der Waals surface area (Å²) in [6.45, 7) is 4.48. The first kappa shape index (κ1) is 19.8. The quantitative estimate of drug-likeness (QED) is 0.246. The van der Waals surface area contributed by atoms with Crippen LogP contribution < -0.4 is 0 Å². The molecule has 0 atom stereocenters. The van der Waals surface area contributed by atoms with E-state index in [9.17, 15) is 4.79 Å². The van der Waals surface area contributed by atoms with E-state index in [-0.39, 0.29) is 5.97 Å². The molecule has 2 heterocycles. The van der Waals surface area contributed by atoms with Crippen LogP contribution in [0.1, 0.15) is 15.9 Å². The predicted octanol–water partition coefficient (Wildman–Crippen LogP) is 4.76. The zero-order valence-corrected chi connectivity index (χ0v) is 17.3. The van der Waals surface area contributed by atoms with Crippen molar-refractivity contribution >= 4 is 28.6 Å². The van der Waals surface area contributed by atoms with Crippen LogP contribution in [0.2, 0.25) is 0 Å². The van der Waals surface area contributed by atoms with Crippen LogP contribution >= 0.6 is 11.8 Å². The van der Waals surface area contributed by atoms with Crippen molar-refractivity contribution in [2.24, 2.45) is 0 Å². The summed E-state index contributed by atoms with van der Waals surface area (Å²) in [5.41, 5.74) is 3.55. The molecule has 0 amide bonds. The fourth-order valence-electron chi connectivity index (χ4n) is 3.12. The molecule has 6 nitrogen and oxygen atoms in total. The highest BCUT2D eigenvalue weighted by Crippen LogP contribution is 2.28. The molecule has 150 valence electrons. The molecule has 0 bridgehead atoms. The van der Waals surface area contributed by atoms with Crippen molar-refractivity contribution in [3.8, 4) is 11.4 Å². The van der Waals surface area contributed by atoms with Gasteiger partial charge in [0.1, 0.15) is 0 Å². The first-order valence-corrected chi connectivity index (χ1v) is 10.4. The largest absolute Gasteiger partial charge is 0.465 e. The van der Waals surface area contributed by atoms with E-state index in [1.54, 1.807) is 30.1 Å². The fraction of sp³-hybridized carbons (Fsp3) is 0.130. The van der Waals surface area contributed by atoms with Crippen molar-refractivity contribution in [2.75, 3.05) is 7.11 Å². The molecule has 0 aliphatic rings. The molecule has 0 saturated heterocycles. The second-order valence-electron chi connectivity index (χ2n) is 6.59. The molecule has 0 unspecified atom stereocenters. The van der Waals surface area contributed by atoms with Gasteiger partial charge in [-0.2, -0.15) is 0 Å². The van der Waals surface area contributed by atoms with Gasteiger partial charge in [-0.05, 0) is 42.0 Å². The van der Waals surface area contributed by atoms with Crippen LogP contribution in [0.3, 0.4) is 0 Å². The highest BCUT2D eigenvalue weighted by Gasteiger charge is 2.14. The number of nitrogens with zero attached hydrogens (tertiary/aromatic N) is 4. The molecule has 0 fully saturated rings. The fourth-order valence-corrected chi connectivity index (χ4v) is 4.02. The van der Waals surface area contributed by atoms with E-state index >= 15 is 0 Å². The summed E-state index contributed by atoms with van der Waals surface area (Å²) in [5, 5.41) is 10.7. The number of benzene rings is 2. The van der Waals surface area contributed by atoms with Crippen molar-refractivity contribution < 1.29 is 9.53 Å². The molecule has 0 aliphatic carbocycles. The van der Waals surface area contributed by atoms with Crippen LogP contribution in [0.4, 0.5) is 0 Å². The number of aromatic nitrogens is 4. The highest BCUT2D eigenvalue weighted by molar-refractivity contribution is 7.98. The summed E-state index contributed by atoms with van der Waals surface area (Å²) in [7, 11) is 1.38. The van der Waals surface area contributed by atoms with E-state index < -0.39 is 0 Å². The van der Waals surface area contributed by atoms with Gasteiger partial charge in [-0.15, -0.1) is 16.8 Å². The maximum atomic E-state index is 11.6. The van der Waals surface area contributed by atoms with Gasteiger partial charge in [-0.25, -0.2) is 4.79 Å². The Kier molecular flexibility index (Phi) is 5.90. The molecule has 0 aliphatic heterocycles. The van der Waals surface area contributed by atoms with Gasteiger partial charge in [0.2, 0.25) is 0 Å². The lowest BCUT2D eigenvalue weighted by Gasteiger charge is -2.09. The molecular weight excluding hydrogens is 396 g/mol. The molecule has 2 aromatic heterocycles. The number of allylic oxidation sites excluding steroid dienone is 1. The van der Waals surface area contributed by atoms with Crippen molar-refractivity contribution in [1.29, 1.82) is 0 Å². The second kappa shape index (κ2) is 8.92. The highest BCUT2D eigenvalue weighted by atomic mass is 32.2. The number of hydrogen-bond donors (Lipinski definition) is 0. The van der Waals surface area contributed by atoms with E-state index in [4.69, 9.17) is 4.74 Å². The predicted molar refractivity (Wildman–Crippen MR) is 118 cm³/mol. The summed E-state index contributed by atoms with van der Waals surface area (Å²) in [6, 6.07) is 17.4. The number of carbonyl (C=O) groups excluding carboxylic acids is 1. The Balaban J connectivity index is 1.57. The number of fused-ring (bicyclic) bond motifs is 1. The maximum absolute atomic E-state index is 11.6. The standard InChI is InChI=1S/C23H20N4O2S/c1-3-13-27-21(19-10-11-20-18(14-19)5-4-12-24-20)25-26-23(27)30-15-16-6-8-17(9-7-16)22(28)29-2/h3-12,14H,1,13,15H2,2H3. The van der Waals surface area contributed by atoms with Crippen LogP contribution in [0.25, 0.3) is 22.3 Å². The van der Waals surface area contributed by atoms with E-state index in [0.717, 1.165) is 33.0 Å². The van der Waals surface area contributed by atoms with Gasteiger partial charge in [0, 0.05) is 29.4 Å². The minimum Gasteiger partial charge on any atom is -0.465 e. The topological polar surface area (TPSA) is 69.9 Å². The summed E-state index contributed by atoms with van der Waals surface area (Å²) in [4.78, 5) is 16.0. The van der Waals surface area contributed by atoms with Gasteiger partial charge in [-0.3, -0.25) is 9.55 Å². The van der Waals surface area contributed by atoms with Gasteiger partial charge in [-0.1, -0.05) is 36.0 Å². The maximum Gasteiger partial charge on any atom is 0.337 e. The van der Waals surface area contributed by atoms with E-state index in [0.29, 0.717) is 17.9 Å². The number of thioether (sulfide) groups is 1. The normalized spacial score (nSPS) is 10.8. The van der Waals surface area contributed by atoms with Gasteiger partial charge in [0.25, 0.3) is 0 Å². The Labute approximate surface area is 178 Å². The van der Waals surface area contributed by atoms with E-state index in [1.165, 1.54) is 7.11 Å². The monoisotopic (exact) mass is 416 g/mol. The molecule has 0 spiro atoms. The average molecular weight is 417 g/mol. The van der Waals surface area contributed by atoms with Gasteiger partial charge >= 0.3 is 5.97 Å². The van der Waals surface area contributed by atoms with E-state index in [2.05, 4.69) is 32.4 Å². The Morgan fingerprint density at radius 3 is 2.77 bits per heavy atom. The number of ether oxygens (including phenoxy) is 1. The third kappa shape index (κ3) is 4.11. The lowest BCUT2D eigenvalue weighted by atomic mass is 10.1. The number of esters is 1. The SMILES string of the molecule is C=CCn1c(SCc2ccc(C(=O)OC)cc2)nnc1-c1ccc2ncccc2c1. The average Bonchev–Trinajstić information content (AvgIpc) is 3.20. The zero-order valence-electron chi connectivity index (χ0n) is 16.5. The summed E-state index contributed by atoms with van der Waals surface area (Å²) < 4.78 is 6.79. The molecule has 0 radical (unpaired) electrons. The molecule has 2 aromatic carbocycles. The zero-order chi connectivity index (χ0) is 20.9. The molecule has 0 saturated carbocycles. The molecule has 4 rings (SSSR count). The number of hydrogen-bond acceptors (Lipinski definition) is 6. The first-order valence-electron chi connectivity index (χ1n) is 9.39. The third-order valence-electron chi connectivity index (χ3n) is 4.63. The van der Waals surface area contributed by atoms with Crippen LogP contribution in [0, 0.1) is 0 Å². The molecule has 0 N–H and O–H groups in total. The van der Waals surface area contributed by atoms with Gasteiger partial charge < -0.3 is 4.74 Å². The molecular formula is C23H20N4O2S. The van der Waals surface area contributed by atoms with Crippen molar-refractivity contribution in [2.45, 2.75) is 17.5 Å². The van der Waals surface area contributed by atoms with Crippen LogP contribution in [0.15, 0.2) is 78.6 Å². The lowest BCUT2D eigenvalue weighted by Crippen LogP contribution is -2.01. The van der Waals surface area contributed by atoms with Gasteiger partial charge in [0.15, 0.2) is 11.0 Å². The van der Waals surface area contributed by atoms with Crippen LogP contribution in [-0.2, 0) is 17.0 Å². The summed E-state index contributed by atoms with van der Waals surface area (Å²) in [5.74, 6) is 1.16. The molecule has 30 heavy (non-hydrogen) atoms. The molecule has 7 heteroatoms. The van der Waals surface area contributed by atoms with Crippen LogP contribution in [0.5, 0.6) is 0 Å². The first-order chi connectivity index (χ1) is 14.7. The van der Waals surface area contributed by atoms with Crippen LogP contribution in [-0.4, -0.2) is 32.8 Å². The number of methoxy groups -OCH3 is 1. The molecule has 4 aromatic rings.